The van der Waals surface area contributed by atoms with Crippen molar-refractivity contribution >= 4 is 15.7 Å². The number of anilines is 1. The van der Waals surface area contributed by atoms with E-state index in [1.807, 2.05) is 21.0 Å². The summed E-state index contributed by atoms with van der Waals surface area (Å²) in [5.74, 6) is 0.169. The summed E-state index contributed by atoms with van der Waals surface area (Å²) in [6.45, 7) is 4.04. The molecule has 0 radical (unpaired) electrons. The van der Waals surface area contributed by atoms with E-state index in [9.17, 15) is 8.42 Å². The van der Waals surface area contributed by atoms with Gasteiger partial charge in [-0.05, 0) is 41.7 Å². The van der Waals surface area contributed by atoms with E-state index in [1.165, 1.54) is 11.1 Å². The molecule has 6 heteroatoms. The van der Waals surface area contributed by atoms with Crippen LogP contribution in [-0.4, -0.2) is 46.3 Å². The zero-order valence-corrected chi connectivity index (χ0v) is 17.9. The second-order valence-corrected chi connectivity index (χ2v) is 9.58. The van der Waals surface area contributed by atoms with E-state index in [0.717, 1.165) is 30.8 Å². The molecule has 0 fully saturated rings. The molecule has 152 valence electrons. The summed E-state index contributed by atoms with van der Waals surface area (Å²) >= 11 is 0. The molecule has 0 bridgehead atoms. The molecule has 5 nitrogen and oxygen atoms in total. The number of nitrogens with one attached hydrogen (secondary N) is 1. The van der Waals surface area contributed by atoms with Crippen LogP contribution in [0.1, 0.15) is 36.1 Å². The lowest BCUT2D eigenvalue weighted by Crippen LogP contribution is -2.41. The van der Waals surface area contributed by atoms with Crippen molar-refractivity contribution in [1.29, 1.82) is 0 Å². The molecular formula is C22H31N3O2S. The first kappa shape index (κ1) is 20.8. The van der Waals surface area contributed by atoms with Gasteiger partial charge in [0.2, 0.25) is 10.0 Å². The van der Waals surface area contributed by atoms with Crippen LogP contribution < -0.4 is 9.62 Å². The highest BCUT2D eigenvalue weighted by atomic mass is 32.2. The summed E-state index contributed by atoms with van der Waals surface area (Å²) in [6, 6.07) is 17.0. The van der Waals surface area contributed by atoms with E-state index >= 15 is 0 Å². The molecule has 0 aliphatic carbocycles. The van der Waals surface area contributed by atoms with Gasteiger partial charge in [0.15, 0.2) is 0 Å². The molecule has 1 N–H and O–H groups in total. The number of fused-ring (bicyclic) bond motifs is 1. The number of nitrogens with zero attached hydrogens (tertiary/aromatic N) is 2. The Morgan fingerprint density at radius 2 is 1.75 bits per heavy atom. The number of benzene rings is 2. The first-order valence-electron chi connectivity index (χ1n) is 9.95. The quantitative estimate of drug-likeness (QED) is 0.738. The minimum absolute atomic E-state index is 0.0104. The van der Waals surface area contributed by atoms with Gasteiger partial charge in [-0.2, -0.15) is 0 Å². The predicted octanol–water partition coefficient (Wildman–Crippen LogP) is 3.18. The van der Waals surface area contributed by atoms with Crippen molar-refractivity contribution in [3.05, 3.63) is 65.2 Å². The fourth-order valence-electron chi connectivity index (χ4n) is 3.78. The second kappa shape index (κ2) is 9.07. The molecular weight excluding hydrogens is 370 g/mol. The van der Waals surface area contributed by atoms with Crippen molar-refractivity contribution in [2.75, 3.05) is 37.8 Å². The monoisotopic (exact) mass is 401 g/mol. The van der Waals surface area contributed by atoms with Gasteiger partial charge in [0.25, 0.3) is 0 Å². The lowest BCUT2D eigenvalue weighted by atomic mass is 9.96. The fraction of sp³-hybridized carbons (Fsp3) is 0.455. The third-order valence-electron chi connectivity index (χ3n) is 5.36. The summed E-state index contributed by atoms with van der Waals surface area (Å²) in [6.07, 6.45) is 1.61. The van der Waals surface area contributed by atoms with Gasteiger partial charge >= 0.3 is 0 Å². The maximum Gasteiger partial charge on any atom is 0.211 e. The molecule has 2 aromatic rings. The van der Waals surface area contributed by atoms with E-state index < -0.39 is 10.0 Å². The minimum Gasteiger partial charge on any atom is -0.378 e. The van der Waals surface area contributed by atoms with Crippen molar-refractivity contribution < 1.29 is 8.42 Å². The maximum atomic E-state index is 12.3. The van der Waals surface area contributed by atoms with Gasteiger partial charge in [0, 0.05) is 45.5 Å². The minimum atomic E-state index is -3.24. The Balaban J connectivity index is 1.84. The van der Waals surface area contributed by atoms with Gasteiger partial charge in [-0.1, -0.05) is 43.3 Å². The van der Waals surface area contributed by atoms with Gasteiger partial charge < -0.3 is 4.90 Å². The Hall–Kier alpha value is -1.89. The molecule has 28 heavy (non-hydrogen) atoms. The van der Waals surface area contributed by atoms with E-state index in [4.69, 9.17) is 0 Å². The van der Waals surface area contributed by atoms with Gasteiger partial charge in [0.05, 0.1) is 5.75 Å². The van der Waals surface area contributed by atoms with Crippen LogP contribution in [0.5, 0.6) is 0 Å². The van der Waals surface area contributed by atoms with E-state index in [1.54, 1.807) is 0 Å². The Labute approximate surface area is 169 Å². The SMILES string of the molecule is CCCS(=O)(=O)NC[C@H](c1ccc(N(C)C)cc1)N1CCc2ccccc2C1. The van der Waals surface area contributed by atoms with E-state index in [0.29, 0.717) is 13.0 Å². The van der Waals surface area contributed by atoms with E-state index in [-0.39, 0.29) is 11.8 Å². The molecule has 0 spiro atoms. The molecule has 1 aliphatic rings. The molecule has 0 amide bonds. The molecule has 0 saturated heterocycles. The molecule has 0 saturated carbocycles. The molecule has 1 aliphatic heterocycles. The summed E-state index contributed by atoms with van der Waals surface area (Å²) < 4.78 is 27.3. The van der Waals surface area contributed by atoms with Crippen molar-refractivity contribution in [2.45, 2.75) is 32.4 Å². The Morgan fingerprint density at radius 3 is 2.39 bits per heavy atom. The van der Waals surface area contributed by atoms with Crippen LogP contribution in [0.2, 0.25) is 0 Å². The normalized spacial score (nSPS) is 15.8. The average molecular weight is 402 g/mol. The maximum absolute atomic E-state index is 12.3. The third kappa shape index (κ3) is 5.13. The number of rotatable bonds is 8. The number of sulfonamides is 1. The highest BCUT2D eigenvalue weighted by molar-refractivity contribution is 7.89. The van der Waals surface area contributed by atoms with Gasteiger partial charge in [-0.3, -0.25) is 4.90 Å². The molecule has 1 heterocycles. The van der Waals surface area contributed by atoms with Crippen LogP contribution in [0.15, 0.2) is 48.5 Å². The summed E-state index contributed by atoms with van der Waals surface area (Å²) in [4.78, 5) is 4.46. The van der Waals surface area contributed by atoms with Crippen molar-refractivity contribution in [3.8, 4) is 0 Å². The molecule has 0 aromatic heterocycles. The number of hydrogen-bond donors (Lipinski definition) is 1. The third-order valence-corrected chi connectivity index (χ3v) is 6.92. The van der Waals surface area contributed by atoms with Crippen molar-refractivity contribution in [1.82, 2.24) is 9.62 Å². The van der Waals surface area contributed by atoms with Crippen LogP contribution in [-0.2, 0) is 23.0 Å². The highest BCUT2D eigenvalue weighted by Crippen LogP contribution is 2.29. The second-order valence-electron chi connectivity index (χ2n) is 7.66. The first-order chi connectivity index (χ1) is 13.4. The zero-order chi connectivity index (χ0) is 20.1. The summed E-state index contributed by atoms with van der Waals surface area (Å²) in [5, 5.41) is 0. The van der Waals surface area contributed by atoms with Crippen molar-refractivity contribution in [2.24, 2.45) is 0 Å². The van der Waals surface area contributed by atoms with Crippen LogP contribution in [0, 0.1) is 0 Å². The highest BCUT2D eigenvalue weighted by Gasteiger charge is 2.26. The van der Waals surface area contributed by atoms with Crippen LogP contribution in [0.25, 0.3) is 0 Å². The summed E-state index contributed by atoms with van der Waals surface area (Å²) in [7, 11) is 0.801. The topological polar surface area (TPSA) is 52.7 Å². The molecule has 2 aromatic carbocycles. The Morgan fingerprint density at radius 1 is 1.07 bits per heavy atom. The van der Waals surface area contributed by atoms with Crippen LogP contribution in [0.4, 0.5) is 5.69 Å². The number of hydrogen-bond acceptors (Lipinski definition) is 4. The van der Waals surface area contributed by atoms with E-state index in [2.05, 4.69) is 63.1 Å². The summed E-state index contributed by atoms with van der Waals surface area (Å²) in [5.41, 5.74) is 5.01. The standard InChI is InChI=1S/C22H31N3O2S/c1-4-15-28(26,27)23-16-22(19-9-11-21(12-10-19)24(2)3)25-14-13-18-7-5-6-8-20(18)17-25/h5-12,22-23H,4,13-17H2,1-3H3/t22-/m1/s1. The predicted molar refractivity (Wildman–Crippen MR) is 116 cm³/mol. The molecule has 0 unspecified atom stereocenters. The van der Waals surface area contributed by atoms with Gasteiger partial charge in [-0.25, -0.2) is 13.1 Å². The average Bonchev–Trinajstić information content (AvgIpc) is 2.68. The Kier molecular flexibility index (Phi) is 6.75. The lowest BCUT2D eigenvalue weighted by Gasteiger charge is -2.36. The fourth-order valence-corrected chi connectivity index (χ4v) is 4.88. The van der Waals surface area contributed by atoms with Crippen LogP contribution in [0.3, 0.4) is 0 Å². The van der Waals surface area contributed by atoms with Gasteiger partial charge in [-0.15, -0.1) is 0 Å². The van der Waals surface area contributed by atoms with Crippen LogP contribution >= 0.6 is 0 Å². The van der Waals surface area contributed by atoms with Gasteiger partial charge in [0.1, 0.15) is 0 Å². The first-order valence-corrected chi connectivity index (χ1v) is 11.6. The molecule has 1 atom stereocenters. The largest absolute Gasteiger partial charge is 0.378 e. The van der Waals surface area contributed by atoms with Crippen molar-refractivity contribution in [3.63, 3.8) is 0 Å². The molecule has 3 rings (SSSR count). The lowest BCUT2D eigenvalue weighted by molar-refractivity contribution is 0.180. The smallest absolute Gasteiger partial charge is 0.211 e. The Bertz CT molecular complexity index is 879. The zero-order valence-electron chi connectivity index (χ0n) is 17.1.